The molecule has 1 aromatic heterocycles. The van der Waals surface area contributed by atoms with Crippen molar-refractivity contribution in [1.29, 1.82) is 0 Å². The molecule has 0 aliphatic carbocycles. The third kappa shape index (κ3) is 2.26. The van der Waals surface area contributed by atoms with Gasteiger partial charge in [-0.05, 0) is 13.0 Å². The molecule has 7 nitrogen and oxygen atoms in total. The average molecular weight is 290 g/mol. The van der Waals surface area contributed by atoms with Crippen molar-refractivity contribution < 1.29 is 24.1 Å². The van der Waals surface area contributed by atoms with Crippen molar-refractivity contribution in [3.8, 4) is 28.4 Å². The smallest absolute Gasteiger partial charge is 0.325 e. The third-order valence-electron chi connectivity index (χ3n) is 3.37. The van der Waals surface area contributed by atoms with Crippen molar-refractivity contribution in [2.24, 2.45) is 0 Å². The van der Waals surface area contributed by atoms with E-state index in [1.54, 1.807) is 19.4 Å². The van der Waals surface area contributed by atoms with Gasteiger partial charge < -0.3 is 19.3 Å². The minimum atomic E-state index is -0.939. The van der Waals surface area contributed by atoms with E-state index in [-0.39, 0.29) is 13.3 Å². The van der Waals surface area contributed by atoms with Crippen LogP contribution in [0.15, 0.2) is 18.3 Å². The number of aliphatic carboxylic acids is 1. The monoisotopic (exact) mass is 290 g/mol. The third-order valence-corrected chi connectivity index (χ3v) is 3.37. The van der Waals surface area contributed by atoms with Gasteiger partial charge in [0, 0.05) is 22.9 Å². The molecule has 0 radical (unpaired) electrons. The topological polar surface area (TPSA) is 82.8 Å². The quantitative estimate of drug-likeness (QED) is 0.922. The summed E-state index contributed by atoms with van der Waals surface area (Å²) in [6.07, 6.45) is 1.62. The van der Waals surface area contributed by atoms with Gasteiger partial charge in [-0.25, -0.2) is 0 Å². The molecule has 0 fully saturated rings. The van der Waals surface area contributed by atoms with Crippen LogP contribution in [0.25, 0.3) is 11.1 Å². The van der Waals surface area contributed by atoms with Crippen LogP contribution in [0.1, 0.15) is 5.69 Å². The number of carbonyl (C=O) groups is 1. The number of hydrogen-bond acceptors (Lipinski definition) is 5. The molecule has 110 valence electrons. The second-order valence-electron chi connectivity index (χ2n) is 4.60. The Morgan fingerprint density at radius 3 is 2.76 bits per heavy atom. The van der Waals surface area contributed by atoms with Gasteiger partial charge in [0.2, 0.25) is 6.79 Å². The summed E-state index contributed by atoms with van der Waals surface area (Å²) in [5, 5.41) is 13.0. The maximum Gasteiger partial charge on any atom is 0.325 e. The van der Waals surface area contributed by atoms with Crippen molar-refractivity contribution in [3.63, 3.8) is 0 Å². The van der Waals surface area contributed by atoms with Crippen LogP contribution in [0.4, 0.5) is 0 Å². The number of ether oxygens (including phenoxy) is 3. The summed E-state index contributed by atoms with van der Waals surface area (Å²) in [7, 11) is 1.57. The molecule has 0 atom stereocenters. The zero-order valence-corrected chi connectivity index (χ0v) is 11.6. The maximum atomic E-state index is 10.8. The average Bonchev–Trinajstić information content (AvgIpc) is 3.04. The Balaban J connectivity index is 2.08. The summed E-state index contributed by atoms with van der Waals surface area (Å²) < 4.78 is 17.5. The molecule has 0 saturated carbocycles. The van der Waals surface area contributed by atoms with Gasteiger partial charge in [-0.15, -0.1) is 0 Å². The van der Waals surface area contributed by atoms with Gasteiger partial charge in [0.25, 0.3) is 0 Å². The number of aromatic nitrogens is 2. The van der Waals surface area contributed by atoms with Crippen LogP contribution in [0.3, 0.4) is 0 Å². The molecule has 2 heterocycles. The van der Waals surface area contributed by atoms with Crippen LogP contribution in [-0.4, -0.2) is 34.8 Å². The lowest BCUT2D eigenvalue weighted by atomic mass is 10.0. The number of carboxylic acids is 1. The van der Waals surface area contributed by atoms with Crippen LogP contribution in [0.5, 0.6) is 17.2 Å². The molecule has 1 N–H and O–H groups in total. The molecule has 1 aromatic carbocycles. The molecule has 0 saturated heterocycles. The Hall–Kier alpha value is -2.70. The van der Waals surface area contributed by atoms with Crippen molar-refractivity contribution in [3.05, 3.63) is 24.0 Å². The molecule has 2 aromatic rings. The van der Waals surface area contributed by atoms with Gasteiger partial charge in [-0.2, -0.15) is 5.10 Å². The van der Waals surface area contributed by atoms with Crippen LogP contribution < -0.4 is 14.2 Å². The first-order valence-electron chi connectivity index (χ1n) is 6.32. The zero-order chi connectivity index (χ0) is 15.0. The highest BCUT2D eigenvalue weighted by Gasteiger charge is 2.21. The SMILES string of the molecule is COc1cc2c(cc1-c1cnn(CC(=O)O)c1C)OCO2. The van der Waals surface area contributed by atoms with E-state index in [2.05, 4.69) is 5.10 Å². The molecule has 0 bridgehead atoms. The normalized spacial score (nSPS) is 12.5. The lowest BCUT2D eigenvalue weighted by Gasteiger charge is -2.10. The number of rotatable bonds is 4. The highest BCUT2D eigenvalue weighted by atomic mass is 16.7. The second kappa shape index (κ2) is 5.01. The first-order valence-corrected chi connectivity index (χ1v) is 6.32. The van der Waals surface area contributed by atoms with Crippen molar-refractivity contribution >= 4 is 5.97 Å². The molecule has 1 aliphatic heterocycles. The summed E-state index contributed by atoms with van der Waals surface area (Å²) in [6, 6.07) is 3.57. The number of nitrogens with zero attached hydrogens (tertiary/aromatic N) is 2. The zero-order valence-electron chi connectivity index (χ0n) is 11.6. The first-order chi connectivity index (χ1) is 10.1. The lowest BCUT2D eigenvalue weighted by Crippen LogP contribution is -2.11. The summed E-state index contributed by atoms with van der Waals surface area (Å²) in [6.45, 7) is 1.81. The predicted octanol–water partition coefficient (Wildman–Crippen LogP) is 1.68. The van der Waals surface area contributed by atoms with E-state index in [4.69, 9.17) is 19.3 Å². The molecule has 0 amide bonds. The molecule has 0 spiro atoms. The molecule has 3 rings (SSSR count). The van der Waals surface area contributed by atoms with E-state index in [0.717, 1.165) is 16.8 Å². The first kappa shape index (κ1) is 13.3. The van der Waals surface area contributed by atoms with E-state index >= 15 is 0 Å². The van der Waals surface area contributed by atoms with Gasteiger partial charge >= 0.3 is 5.97 Å². The number of hydrogen-bond donors (Lipinski definition) is 1. The van der Waals surface area contributed by atoms with Crippen LogP contribution in [0, 0.1) is 6.92 Å². The largest absolute Gasteiger partial charge is 0.496 e. The van der Waals surface area contributed by atoms with E-state index in [1.165, 1.54) is 4.68 Å². The summed E-state index contributed by atoms with van der Waals surface area (Å²) in [5.74, 6) is 0.949. The summed E-state index contributed by atoms with van der Waals surface area (Å²) in [5.41, 5.74) is 2.33. The van der Waals surface area contributed by atoms with E-state index in [1.807, 2.05) is 13.0 Å². The van der Waals surface area contributed by atoms with Crippen LogP contribution in [-0.2, 0) is 11.3 Å². The van der Waals surface area contributed by atoms with Crippen molar-refractivity contribution in [2.45, 2.75) is 13.5 Å². The van der Waals surface area contributed by atoms with E-state index in [9.17, 15) is 4.79 Å². The van der Waals surface area contributed by atoms with Crippen LogP contribution >= 0.6 is 0 Å². The van der Waals surface area contributed by atoms with E-state index < -0.39 is 5.97 Å². The Bertz CT molecular complexity index is 708. The predicted molar refractivity (Wildman–Crippen MR) is 72.7 cm³/mol. The molecule has 1 aliphatic rings. The Morgan fingerprint density at radius 2 is 2.10 bits per heavy atom. The molecule has 0 unspecified atom stereocenters. The number of carboxylic acid groups (broad SMARTS) is 1. The van der Waals surface area contributed by atoms with Gasteiger partial charge in [0.15, 0.2) is 11.5 Å². The van der Waals surface area contributed by atoms with Gasteiger partial charge in [-0.1, -0.05) is 0 Å². The van der Waals surface area contributed by atoms with Crippen molar-refractivity contribution in [2.75, 3.05) is 13.9 Å². The number of fused-ring (bicyclic) bond motifs is 1. The van der Waals surface area contributed by atoms with Gasteiger partial charge in [0.05, 0.1) is 13.3 Å². The fraction of sp³-hybridized carbons (Fsp3) is 0.286. The van der Waals surface area contributed by atoms with Crippen LogP contribution in [0.2, 0.25) is 0 Å². The number of benzene rings is 1. The summed E-state index contributed by atoms with van der Waals surface area (Å²) >= 11 is 0. The minimum absolute atomic E-state index is 0.180. The fourth-order valence-corrected chi connectivity index (χ4v) is 2.30. The molecule has 21 heavy (non-hydrogen) atoms. The Kier molecular flexibility index (Phi) is 3.17. The summed E-state index contributed by atoms with van der Waals surface area (Å²) in [4.78, 5) is 10.8. The minimum Gasteiger partial charge on any atom is -0.496 e. The van der Waals surface area contributed by atoms with Crippen molar-refractivity contribution in [1.82, 2.24) is 9.78 Å². The Morgan fingerprint density at radius 1 is 1.38 bits per heavy atom. The lowest BCUT2D eigenvalue weighted by molar-refractivity contribution is -0.137. The Labute approximate surface area is 120 Å². The molecular weight excluding hydrogens is 276 g/mol. The number of methoxy groups -OCH3 is 1. The molecular formula is C14H14N2O5. The second-order valence-corrected chi connectivity index (χ2v) is 4.60. The van der Waals surface area contributed by atoms with Gasteiger partial charge in [-0.3, -0.25) is 9.48 Å². The van der Waals surface area contributed by atoms with Gasteiger partial charge in [0.1, 0.15) is 12.3 Å². The maximum absolute atomic E-state index is 10.8. The highest BCUT2D eigenvalue weighted by Crippen LogP contribution is 2.43. The fourth-order valence-electron chi connectivity index (χ4n) is 2.30. The van der Waals surface area contributed by atoms with E-state index in [0.29, 0.717) is 17.2 Å². The molecule has 7 heteroatoms. The highest BCUT2D eigenvalue weighted by molar-refractivity contribution is 5.76. The standard InChI is InChI=1S/C14H14N2O5/c1-8-10(5-15-16(8)6-14(17)18)9-3-12-13(21-7-20-12)4-11(9)19-2/h3-5H,6-7H2,1-2H3,(H,17,18).